The fourth-order valence-corrected chi connectivity index (χ4v) is 5.23. The molecule has 0 saturated heterocycles. The first kappa shape index (κ1) is 21.4. The molecule has 5 nitrogen and oxygen atoms in total. The highest BCUT2D eigenvalue weighted by Crippen LogP contribution is 2.43. The first-order valence-corrected chi connectivity index (χ1v) is 11.2. The predicted molar refractivity (Wildman–Crippen MR) is 121 cm³/mol. The molecule has 2 aliphatic rings. The Morgan fingerprint density at radius 1 is 1.06 bits per heavy atom. The van der Waals surface area contributed by atoms with Gasteiger partial charge in [-0.05, 0) is 47.6 Å². The van der Waals surface area contributed by atoms with Crippen molar-refractivity contribution in [3.8, 4) is 5.75 Å². The van der Waals surface area contributed by atoms with E-state index >= 15 is 0 Å². The van der Waals surface area contributed by atoms with Crippen molar-refractivity contribution in [1.82, 2.24) is 10.2 Å². The lowest BCUT2D eigenvalue weighted by molar-refractivity contribution is -0.125. The van der Waals surface area contributed by atoms with Crippen molar-refractivity contribution in [2.75, 3.05) is 14.2 Å². The van der Waals surface area contributed by atoms with Crippen molar-refractivity contribution in [1.29, 1.82) is 0 Å². The molecule has 2 aromatic rings. The van der Waals surface area contributed by atoms with E-state index in [1.165, 1.54) is 6.42 Å². The van der Waals surface area contributed by atoms with Crippen LogP contribution in [0.1, 0.15) is 66.6 Å². The summed E-state index contributed by atoms with van der Waals surface area (Å²) in [5.74, 6) is 1.27. The highest BCUT2D eigenvalue weighted by molar-refractivity contribution is 6.01. The number of hydrogen-bond donors (Lipinski definition) is 1. The molecule has 4 rings (SSSR count). The van der Waals surface area contributed by atoms with Gasteiger partial charge in [0, 0.05) is 18.7 Å². The summed E-state index contributed by atoms with van der Waals surface area (Å²) in [7, 11) is 3.42. The molecule has 0 aromatic heterocycles. The Kier molecular flexibility index (Phi) is 6.03. The Morgan fingerprint density at radius 3 is 2.48 bits per heavy atom. The van der Waals surface area contributed by atoms with Gasteiger partial charge in [-0.2, -0.15) is 0 Å². The summed E-state index contributed by atoms with van der Waals surface area (Å²) in [5, 5.41) is 3.37. The standard InChI is InChI=1S/C26H32N2O3/c1-16-8-7-11-22(17(16)2)27-25(29)23-20-9-5-6-10-21(20)26(30)28(3)24(23)18-12-14-19(31-4)15-13-18/h5-6,9-10,12-17,22-24H,7-8,11H2,1-4H3,(H,27,29)/t16-,17-,22+,23+,24+/m0/s1. The Bertz CT molecular complexity index is 955. The smallest absolute Gasteiger partial charge is 0.254 e. The molecular formula is C26H32N2O3. The van der Waals surface area contributed by atoms with E-state index in [1.807, 2.05) is 48.5 Å². The molecule has 1 aliphatic carbocycles. The third-order valence-corrected chi connectivity index (χ3v) is 7.35. The van der Waals surface area contributed by atoms with Gasteiger partial charge in [-0.3, -0.25) is 9.59 Å². The van der Waals surface area contributed by atoms with Gasteiger partial charge in [0.25, 0.3) is 5.91 Å². The normalized spacial score (nSPS) is 28.1. The number of likely N-dealkylation sites (N-methyl/N-ethyl adjacent to an activating group) is 1. The monoisotopic (exact) mass is 420 g/mol. The minimum atomic E-state index is -0.461. The van der Waals surface area contributed by atoms with Gasteiger partial charge in [-0.1, -0.05) is 57.0 Å². The van der Waals surface area contributed by atoms with Gasteiger partial charge in [-0.25, -0.2) is 0 Å². The Hall–Kier alpha value is -2.82. The van der Waals surface area contributed by atoms with Gasteiger partial charge in [0.2, 0.25) is 5.91 Å². The van der Waals surface area contributed by atoms with Crippen molar-refractivity contribution in [2.45, 2.75) is 51.1 Å². The third-order valence-electron chi connectivity index (χ3n) is 7.35. The van der Waals surface area contributed by atoms with E-state index in [1.54, 1.807) is 19.1 Å². The summed E-state index contributed by atoms with van der Waals surface area (Å²) >= 11 is 0. The third kappa shape index (κ3) is 3.93. The zero-order chi connectivity index (χ0) is 22.1. The number of methoxy groups -OCH3 is 1. The number of benzene rings is 2. The lowest BCUT2D eigenvalue weighted by atomic mass is 9.76. The van der Waals surface area contributed by atoms with Crippen LogP contribution in [0.15, 0.2) is 48.5 Å². The van der Waals surface area contributed by atoms with Gasteiger partial charge in [0.1, 0.15) is 5.75 Å². The topological polar surface area (TPSA) is 58.6 Å². The van der Waals surface area contributed by atoms with Gasteiger partial charge in [-0.15, -0.1) is 0 Å². The quantitative estimate of drug-likeness (QED) is 0.790. The Morgan fingerprint density at radius 2 is 1.77 bits per heavy atom. The average molecular weight is 421 g/mol. The molecule has 1 aliphatic heterocycles. The van der Waals surface area contributed by atoms with Gasteiger partial charge >= 0.3 is 0 Å². The fourth-order valence-electron chi connectivity index (χ4n) is 5.23. The first-order chi connectivity index (χ1) is 14.9. The molecule has 2 aromatic carbocycles. The Labute approximate surface area is 184 Å². The minimum absolute atomic E-state index is 0.00133. The van der Waals surface area contributed by atoms with Crippen molar-refractivity contribution < 1.29 is 14.3 Å². The SMILES string of the molecule is COc1ccc([C@@H]2[C@H](C(=O)N[C@@H]3CCC[C@H](C)[C@@H]3C)c3ccccc3C(=O)N2C)cc1. The molecule has 1 N–H and O–H groups in total. The van der Waals surface area contributed by atoms with Crippen molar-refractivity contribution in [2.24, 2.45) is 11.8 Å². The molecule has 31 heavy (non-hydrogen) atoms. The molecule has 1 saturated carbocycles. The summed E-state index contributed by atoms with van der Waals surface area (Å²) in [6.07, 6.45) is 3.36. The van der Waals surface area contributed by atoms with Crippen LogP contribution in [0.4, 0.5) is 0 Å². The summed E-state index contributed by atoms with van der Waals surface area (Å²) < 4.78 is 5.30. The number of carbonyl (C=O) groups is 2. The highest BCUT2D eigenvalue weighted by Gasteiger charge is 2.43. The van der Waals surface area contributed by atoms with Crippen LogP contribution >= 0.6 is 0 Å². The van der Waals surface area contributed by atoms with Crippen LogP contribution in [0.3, 0.4) is 0 Å². The summed E-state index contributed by atoms with van der Waals surface area (Å²) in [6, 6.07) is 15.0. The zero-order valence-electron chi connectivity index (χ0n) is 18.8. The van der Waals surface area contributed by atoms with Crippen LogP contribution in [0, 0.1) is 11.8 Å². The fraction of sp³-hybridized carbons (Fsp3) is 0.462. The average Bonchev–Trinajstić information content (AvgIpc) is 2.79. The van der Waals surface area contributed by atoms with E-state index in [-0.39, 0.29) is 23.9 Å². The number of nitrogens with zero attached hydrogens (tertiary/aromatic N) is 1. The number of hydrogen-bond acceptors (Lipinski definition) is 3. The summed E-state index contributed by atoms with van der Waals surface area (Å²) in [4.78, 5) is 28.6. The molecule has 1 heterocycles. The van der Waals surface area contributed by atoms with Crippen LogP contribution in [0.2, 0.25) is 0 Å². The Balaban J connectivity index is 1.73. The second kappa shape index (κ2) is 8.74. The van der Waals surface area contributed by atoms with Crippen LogP contribution in [-0.2, 0) is 4.79 Å². The largest absolute Gasteiger partial charge is 0.497 e. The molecule has 0 unspecified atom stereocenters. The lowest BCUT2D eigenvalue weighted by Gasteiger charge is -2.41. The van der Waals surface area contributed by atoms with Gasteiger partial charge in [0.05, 0.1) is 19.1 Å². The summed E-state index contributed by atoms with van der Waals surface area (Å²) in [6.45, 7) is 4.51. The molecule has 1 fully saturated rings. The number of amides is 2. The molecular weight excluding hydrogens is 388 g/mol. The molecule has 5 heteroatoms. The number of carbonyl (C=O) groups excluding carboxylic acids is 2. The summed E-state index contributed by atoms with van der Waals surface area (Å²) in [5.41, 5.74) is 2.34. The number of nitrogens with one attached hydrogen (secondary N) is 1. The molecule has 0 spiro atoms. The van der Waals surface area contributed by atoms with Crippen LogP contribution in [0.25, 0.3) is 0 Å². The molecule has 0 bridgehead atoms. The van der Waals surface area contributed by atoms with E-state index in [0.717, 1.165) is 29.7 Å². The minimum Gasteiger partial charge on any atom is -0.497 e. The van der Waals surface area contributed by atoms with Gasteiger partial charge < -0.3 is 15.0 Å². The van der Waals surface area contributed by atoms with E-state index in [4.69, 9.17) is 4.74 Å². The molecule has 5 atom stereocenters. The van der Waals surface area contributed by atoms with E-state index in [2.05, 4.69) is 19.2 Å². The van der Waals surface area contributed by atoms with Crippen molar-refractivity contribution in [3.63, 3.8) is 0 Å². The second-order valence-electron chi connectivity index (χ2n) is 9.08. The number of rotatable bonds is 4. The van der Waals surface area contributed by atoms with Crippen LogP contribution in [0.5, 0.6) is 5.75 Å². The van der Waals surface area contributed by atoms with E-state index in [0.29, 0.717) is 17.4 Å². The van der Waals surface area contributed by atoms with E-state index in [9.17, 15) is 9.59 Å². The van der Waals surface area contributed by atoms with Crippen LogP contribution < -0.4 is 10.1 Å². The second-order valence-corrected chi connectivity index (χ2v) is 9.08. The van der Waals surface area contributed by atoms with Crippen LogP contribution in [-0.4, -0.2) is 36.9 Å². The molecule has 2 amide bonds. The van der Waals surface area contributed by atoms with Crippen molar-refractivity contribution >= 4 is 11.8 Å². The van der Waals surface area contributed by atoms with Gasteiger partial charge in [0.15, 0.2) is 0 Å². The molecule has 0 radical (unpaired) electrons. The maximum atomic E-state index is 13.8. The number of fused-ring (bicyclic) bond motifs is 1. The maximum Gasteiger partial charge on any atom is 0.254 e. The number of ether oxygens (including phenoxy) is 1. The molecule has 164 valence electrons. The first-order valence-electron chi connectivity index (χ1n) is 11.2. The highest BCUT2D eigenvalue weighted by atomic mass is 16.5. The predicted octanol–water partition coefficient (Wildman–Crippen LogP) is 4.55. The van der Waals surface area contributed by atoms with E-state index < -0.39 is 5.92 Å². The van der Waals surface area contributed by atoms with Crippen molar-refractivity contribution in [3.05, 3.63) is 65.2 Å². The lowest BCUT2D eigenvalue weighted by Crippen LogP contribution is -2.50. The zero-order valence-corrected chi connectivity index (χ0v) is 18.8. The maximum absolute atomic E-state index is 13.8.